The van der Waals surface area contributed by atoms with Gasteiger partial charge in [0.2, 0.25) is 0 Å². The second kappa shape index (κ2) is 6.73. The molecule has 1 N–H and O–H groups in total. The number of hydrogen-bond acceptors (Lipinski definition) is 2. The Morgan fingerprint density at radius 1 is 1.15 bits per heavy atom. The van der Waals surface area contributed by atoms with Gasteiger partial charge in [0, 0.05) is 24.7 Å². The first kappa shape index (κ1) is 14.1. The second-order valence-corrected chi connectivity index (χ2v) is 6.65. The van der Waals surface area contributed by atoms with Crippen LogP contribution in [0.25, 0.3) is 0 Å². The van der Waals surface area contributed by atoms with Crippen molar-refractivity contribution in [1.82, 2.24) is 10.2 Å². The van der Waals surface area contributed by atoms with Gasteiger partial charge in [-0.1, -0.05) is 30.3 Å². The number of rotatable bonds is 6. The predicted octanol–water partition coefficient (Wildman–Crippen LogP) is 3.22. The third kappa shape index (κ3) is 4.07. The van der Waals surface area contributed by atoms with E-state index in [0.29, 0.717) is 6.04 Å². The zero-order valence-electron chi connectivity index (χ0n) is 12.7. The fourth-order valence-corrected chi connectivity index (χ4v) is 3.33. The Labute approximate surface area is 123 Å². The molecule has 0 aromatic heterocycles. The number of hydrogen-bond donors (Lipinski definition) is 1. The highest BCUT2D eigenvalue weighted by atomic mass is 15.2. The van der Waals surface area contributed by atoms with E-state index >= 15 is 0 Å². The summed E-state index contributed by atoms with van der Waals surface area (Å²) in [5.74, 6) is 0. The summed E-state index contributed by atoms with van der Waals surface area (Å²) < 4.78 is 0. The van der Waals surface area contributed by atoms with Gasteiger partial charge in [-0.05, 0) is 57.6 Å². The molecule has 2 nitrogen and oxygen atoms in total. The molecule has 1 saturated carbocycles. The van der Waals surface area contributed by atoms with Crippen LogP contribution in [0.1, 0.15) is 44.6 Å². The molecule has 2 heteroatoms. The lowest BCUT2D eigenvalue weighted by molar-refractivity contribution is 0.139. The molecule has 2 fully saturated rings. The maximum Gasteiger partial charge on any atom is 0.0198 e. The van der Waals surface area contributed by atoms with Gasteiger partial charge in [0.1, 0.15) is 0 Å². The van der Waals surface area contributed by atoms with Gasteiger partial charge in [-0.2, -0.15) is 0 Å². The molecule has 0 spiro atoms. The molecule has 1 aromatic rings. The Hall–Kier alpha value is -0.860. The summed E-state index contributed by atoms with van der Waals surface area (Å²) >= 11 is 0. The van der Waals surface area contributed by atoms with Gasteiger partial charge >= 0.3 is 0 Å². The van der Waals surface area contributed by atoms with Crippen molar-refractivity contribution >= 4 is 0 Å². The minimum Gasteiger partial charge on any atom is -0.310 e. The van der Waals surface area contributed by atoms with E-state index in [-0.39, 0.29) is 0 Å². The van der Waals surface area contributed by atoms with E-state index in [0.717, 1.165) is 12.1 Å². The van der Waals surface area contributed by atoms with Crippen molar-refractivity contribution in [3.05, 3.63) is 35.9 Å². The van der Waals surface area contributed by atoms with Crippen molar-refractivity contribution in [2.45, 2.75) is 63.6 Å². The molecular weight excluding hydrogens is 244 g/mol. The molecule has 110 valence electrons. The van der Waals surface area contributed by atoms with Gasteiger partial charge in [0.15, 0.2) is 0 Å². The highest BCUT2D eigenvalue weighted by Crippen LogP contribution is 2.23. The summed E-state index contributed by atoms with van der Waals surface area (Å²) in [6.45, 7) is 4.95. The molecule has 20 heavy (non-hydrogen) atoms. The van der Waals surface area contributed by atoms with Crippen LogP contribution in [0.3, 0.4) is 0 Å². The molecule has 2 unspecified atom stereocenters. The van der Waals surface area contributed by atoms with Crippen LogP contribution in [0.15, 0.2) is 30.3 Å². The number of likely N-dealkylation sites (tertiary alicyclic amines) is 1. The van der Waals surface area contributed by atoms with Gasteiger partial charge in [-0.25, -0.2) is 0 Å². The normalized spacial score (nSPS) is 25.6. The summed E-state index contributed by atoms with van der Waals surface area (Å²) in [4.78, 5) is 2.70. The van der Waals surface area contributed by atoms with Crippen LogP contribution in [-0.2, 0) is 6.42 Å². The van der Waals surface area contributed by atoms with Gasteiger partial charge in [0.25, 0.3) is 0 Å². The van der Waals surface area contributed by atoms with Gasteiger partial charge in [-0.15, -0.1) is 0 Å². The van der Waals surface area contributed by atoms with Crippen molar-refractivity contribution < 1.29 is 0 Å². The monoisotopic (exact) mass is 272 g/mol. The average Bonchev–Trinajstić information content (AvgIpc) is 3.30. The average molecular weight is 272 g/mol. The maximum absolute atomic E-state index is 3.81. The van der Waals surface area contributed by atoms with E-state index in [1.54, 1.807) is 0 Å². The minimum atomic E-state index is 0.707. The summed E-state index contributed by atoms with van der Waals surface area (Å²) in [5.41, 5.74) is 1.48. The molecule has 1 aliphatic carbocycles. The van der Waals surface area contributed by atoms with Crippen molar-refractivity contribution in [2.75, 3.05) is 13.1 Å². The molecule has 0 radical (unpaired) electrons. The smallest absolute Gasteiger partial charge is 0.0198 e. The fraction of sp³-hybridized carbons (Fsp3) is 0.667. The van der Waals surface area contributed by atoms with Crippen LogP contribution in [0, 0.1) is 0 Å². The van der Waals surface area contributed by atoms with Crippen molar-refractivity contribution in [3.63, 3.8) is 0 Å². The molecule has 1 saturated heterocycles. The predicted molar refractivity (Wildman–Crippen MR) is 85.0 cm³/mol. The maximum atomic E-state index is 3.81. The van der Waals surface area contributed by atoms with Gasteiger partial charge < -0.3 is 5.32 Å². The molecule has 1 heterocycles. The number of piperidine rings is 1. The number of nitrogens with one attached hydrogen (secondary N) is 1. The molecule has 0 bridgehead atoms. The van der Waals surface area contributed by atoms with Gasteiger partial charge in [0.05, 0.1) is 0 Å². The van der Waals surface area contributed by atoms with E-state index in [1.165, 1.54) is 57.2 Å². The fourth-order valence-electron chi connectivity index (χ4n) is 3.33. The number of nitrogens with zero attached hydrogens (tertiary/aromatic N) is 1. The molecule has 0 amide bonds. The Kier molecular flexibility index (Phi) is 4.74. The van der Waals surface area contributed by atoms with Crippen LogP contribution in [0.4, 0.5) is 0 Å². The summed E-state index contributed by atoms with van der Waals surface area (Å²) in [6.07, 6.45) is 8.03. The van der Waals surface area contributed by atoms with Crippen LogP contribution in [0.5, 0.6) is 0 Å². The van der Waals surface area contributed by atoms with Crippen molar-refractivity contribution in [3.8, 4) is 0 Å². The Balaban J connectivity index is 1.44. The standard InChI is InChI=1S/C18H28N2/c1-15(9-10-16-6-3-2-4-7-16)20-13-5-8-18(14-20)19-17-11-12-17/h2-4,6-7,15,17-19H,5,8-14H2,1H3. The molecule has 3 rings (SSSR count). The Morgan fingerprint density at radius 3 is 2.70 bits per heavy atom. The topological polar surface area (TPSA) is 15.3 Å². The van der Waals surface area contributed by atoms with Crippen molar-refractivity contribution in [2.24, 2.45) is 0 Å². The van der Waals surface area contributed by atoms with Gasteiger partial charge in [-0.3, -0.25) is 4.90 Å². The lowest BCUT2D eigenvalue weighted by atomic mass is 10.0. The first-order valence-corrected chi connectivity index (χ1v) is 8.35. The van der Waals surface area contributed by atoms with E-state index < -0.39 is 0 Å². The highest BCUT2D eigenvalue weighted by Gasteiger charge is 2.28. The summed E-state index contributed by atoms with van der Waals surface area (Å²) in [7, 11) is 0. The first-order valence-electron chi connectivity index (χ1n) is 8.35. The third-order valence-electron chi connectivity index (χ3n) is 4.82. The summed E-state index contributed by atoms with van der Waals surface area (Å²) in [6, 6.07) is 13.2. The van der Waals surface area contributed by atoms with E-state index in [4.69, 9.17) is 0 Å². The van der Waals surface area contributed by atoms with Crippen LogP contribution in [-0.4, -0.2) is 36.1 Å². The zero-order valence-corrected chi connectivity index (χ0v) is 12.7. The van der Waals surface area contributed by atoms with Crippen LogP contribution >= 0.6 is 0 Å². The first-order chi connectivity index (χ1) is 9.81. The van der Waals surface area contributed by atoms with Crippen LogP contribution in [0.2, 0.25) is 0 Å². The quantitative estimate of drug-likeness (QED) is 0.855. The minimum absolute atomic E-state index is 0.707. The third-order valence-corrected chi connectivity index (χ3v) is 4.82. The zero-order chi connectivity index (χ0) is 13.8. The Bertz CT molecular complexity index is 399. The van der Waals surface area contributed by atoms with E-state index in [2.05, 4.69) is 47.5 Å². The van der Waals surface area contributed by atoms with Crippen molar-refractivity contribution in [1.29, 1.82) is 0 Å². The molecule has 1 aromatic carbocycles. The molecular formula is C18H28N2. The molecule has 2 atom stereocenters. The Morgan fingerprint density at radius 2 is 1.95 bits per heavy atom. The highest BCUT2D eigenvalue weighted by molar-refractivity contribution is 5.14. The SMILES string of the molecule is CC(CCc1ccccc1)N1CCCC(NC2CC2)C1. The van der Waals surface area contributed by atoms with E-state index in [9.17, 15) is 0 Å². The molecule has 2 aliphatic rings. The summed E-state index contributed by atoms with van der Waals surface area (Å²) in [5, 5.41) is 3.81. The number of aryl methyl sites for hydroxylation is 1. The lowest BCUT2D eigenvalue weighted by Crippen LogP contribution is -2.49. The van der Waals surface area contributed by atoms with E-state index in [1.807, 2.05) is 0 Å². The molecule has 1 aliphatic heterocycles. The van der Waals surface area contributed by atoms with Crippen LogP contribution < -0.4 is 5.32 Å². The largest absolute Gasteiger partial charge is 0.310 e. The lowest BCUT2D eigenvalue weighted by Gasteiger charge is -2.37. The number of benzene rings is 1. The second-order valence-electron chi connectivity index (χ2n) is 6.65.